The van der Waals surface area contributed by atoms with Crippen LogP contribution in [-0.4, -0.2) is 120 Å². The highest BCUT2D eigenvalue weighted by Gasteiger charge is 2.48. The quantitative estimate of drug-likeness (QED) is 0.257. The van der Waals surface area contributed by atoms with Gasteiger partial charge in [0.05, 0.1) is 60.6 Å². The van der Waals surface area contributed by atoms with Crippen molar-refractivity contribution < 1.29 is 37.1 Å². The highest BCUT2D eigenvalue weighted by Crippen LogP contribution is 2.37. The van der Waals surface area contributed by atoms with Crippen molar-refractivity contribution in [3.05, 3.63) is 71.0 Å². The van der Waals surface area contributed by atoms with Gasteiger partial charge in [-0.05, 0) is 30.3 Å². The fourth-order valence-electron chi connectivity index (χ4n) is 6.42. The Balaban J connectivity index is 1.13. The highest BCUT2D eigenvalue weighted by molar-refractivity contribution is 6.34. The van der Waals surface area contributed by atoms with E-state index >= 15 is 0 Å². The number of aliphatic hydroxyl groups excluding tert-OH is 1. The van der Waals surface area contributed by atoms with E-state index in [1.165, 1.54) is 48.1 Å². The SMILES string of the molecule is Cn1c(-c2cn(-c3ccc(N)cn3)nc2C(F)(F)F)cnc1C(=O)Nc1ccc(C(=O)N2CCN(C(=O)[C@@H]3[C@@H](O)CC[N+]3(C)C)CC2)c(Cl)c1. The lowest BCUT2D eigenvalue weighted by atomic mass is 10.1. The summed E-state index contributed by atoms with van der Waals surface area (Å²) in [7, 11) is 5.24. The van der Waals surface area contributed by atoms with E-state index < -0.39 is 29.9 Å². The summed E-state index contributed by atoms with van der Waals surface area (Å²) in [6.07, 6.45) is -1.40. The number of pyridine rings is 1. The Morgan fingerprint density at radius 1 is 1.04 bits per heavy atom. The predicted molar refractivity (Wildman–Crippen MR) is 176 cm³/mol. The number of anilines is 2. The van der Waals surface area contributed by atoms with Gasteiger partial charge in [0.25, 0.3) is 17.7 Å². The minimum Gasteiger partial charge on any atom is -0.397 e. The van der Waals surface area contributed by atoms with E-state index in [9.17, 15) is 32.7 Å². The number of benzene rings is 1. The van der Waals surface area contributed by atoms with Crippen LogP contribution in [-0.2, 0) is 18.0 Å². The molecule has 0 radical (unpaired) electrons. The molecule has 18 heteroatoms. The fourth-order valence-corrected chi connectivity index (χ4v) is 6.69. The molecule has 0 unspecified atom stereocenters. The van der Waals surface area contributed by atoms with E-state index in [4.69, 9.17) is 17.3 Å². The second kappa shape index (κ2) is 13.0. The number of rotatable bonds is 6. The second-order valence-corrected chi connectivity index (χ2v) is 13.3. The first-order valence-corrected chi connectivity index (χ1v) is 16.0. The maximum atomic E-state index is 14.0. The number of halogens is 4. The molecule has 0 bridgehead atoms. The van der Waals surface area contributed by atoms with Gasteiger partial charge in [0.15, 0.2) is 23.4 Å². The second-order valence-electron chi connectivity index (χ2n) is 12.9. The molecule has 2 aliphatic rings. The van der Waals surface area contributed by atoms with Crippen molar-refractivity contribution in [1.29, 1.82) is 0 Å². The first-order valence-electron chi connectivity index (χ1n) is 15.7. The first-order chi connectivity index (χ1) is 23.5. The summed E-state index contributed by atoms with van der Waals surface area (Å²) in [5, 5.41) is 16.8. The fraction of sp³-hybridized carbons (Fsp3) is 0.375. The molecule has 0 spiro atoms. The Kier molecular flexibility index (Phi) is 9.09. The van der Waals surface area contributed by atoms with E-state index in [1.54, 1.807) is 9.80 Å². The zero-order valence-corrected chi connectivity index (χ0v) is 28.1. The van der Waals surface area contributed by atoms with Crippen LogP contribution in [0.4, 0.5) is 24.5 Å². The lowest BCUT2D eigenvalue weighted by Crippen LogP contribution is -2.60. The highest BCUT2D eigenvalue weighted by atomic mass is 35.5. The maximum absolute atomic E-state index is 14.0. The number of carbonyl (C=O) groups is 3. The number of aromatic nitrogens is 5. The molecule has 50 heavy (non-hydrogen) atoms. The van der Waals surface area contributed by atoms with Gasteiger partial charge in [-0.3, -0.25) is 14.4 Å². The van der Waals surface area contributed by atoms with E-state index in [0.717, 1.165) is 17.1 Å². The molecule has 3 aromatic heterocycles. The number of hydrogen-bond donors (Lipinski definition) is 3. The number of piperazine rings is 1. The van der Waals surface area contributed by atoms with Crippen LogP contribution in [0.3, 0.4) is 0 Å². The summed E-state index contributed by atoms with van der Waals surface area (Å²) in [6.45, 7) is 1.89. The molecule has 2 aliphatic heterocycles. The lowest BCUT2D eigenvalue weighted by molar-refractivity contribution is -0.895. The molecule has 0 saturated carbocycles. The summed E-state index contributed by atoms with van der Waals surface area (Å²) in [5.41, 5.74) is 4.86. The van der Waals surface area contributed by atoms with E-state index in [1.807, 2.05) is 14.1 Å². The Morgan fingerprint density at radius 3 is 2.34 bits per heavy atom. The third-order valence-corrected chi connectivity index (χ3v) is 9.48. The minimum atomic E-state index is -4.82. The summed E-state index contributed by atoms with van der Waals surface area (Å²) < 4.78 is 44.6. The molecule has 5 heterocycles. The van der Waals surface area contributed by atoms with E-state index in [0.29, 0.717) is 36.2 Å². The molecule has 2 saturated heterocycles. The number of nitrogens with one attached hydrogen (secondary N) is 1. The number of carbonyl (C=O) groups excluding carboxylic acids is 3. The number of amides is 3. The summed E-state index contributed by atoms with van der Waals surface area (Å²) in [5.74, 6) is -1.29. The van der Waals surface area contributed by atoms with Gasteiger partial charge in [-0.15, -0.1) is 0 Å². The van der Waals surface area contributed by atoms with E-state index in [2.05, 4.69) is 20.4 Å². The van der Waals surface area contributed by atoms with Crippen LogP contribution in [0.1, 0.15) is 33.1 Å². The van der Waals surface area contributed by atoms with Gasteiger partial charge in [-0.25, -0.2) is 14.6 Å². The number of nitrogens with two attached hydrogens (primary N) is 1. The van der Waals surface area contributed by atoms with Crippen molar-refractivity contribution in [2.75, 3.05) is 57.9 Å². The number of likely N-dealkylation sites (N-methyl/N-ethyl adjacent to an activating group) is 1. The van der Waals surface area contributed by atoms with Crippen molar-refractivity contribution in [2.45, 2.75) is 24.7 Å². The zero-order chi connectivity index (χ0) is 36.1. The number of imidazole rings is 1. The topological polar surface area (TPSA) is 164 Å². The van der Waals surface area contributed by atoms with Gasteiger partial charge in [0.1, 0.15) is 6.10 Å². The molecule has 4 N–H and O–H groups in total. The number of quaternary nitrogens is 1. The average molecular weight is 716 g/mol. The molecule has 264 valence electrons. The summed E-state index contributed by atoms with van der Waals surface area (Å²) in [4.78, 5) is 51.1. The Morgan fingerprint density at radius 2 is 1.74 bits per heavy atom. The molecule has 4 aromatic rings. The molecule has 2 atom stereocenters. The van der Waals surface area contributed by atoms with Gasteiger partial charge in [-0.2, -0.15) is 18.3 Å². The number of likely N-dealkylation sites (tertiary alicyclic amines) is 1. The average Bonchev–Trinajstić information content (AvgIpc) is 3.75. The van der Waals surface area contributed by atoms with Crippen LogP contribution < -0.4 is 11.1 Å². The normalized spacial score (nSPS) is 19.1. The Bertz CT molecular complexity index is 1950. The van der Waals surface area contributed by atoms with Crippen molar-refractivity contribution in [3.63, 3.8) is 0 Å². The maximum Gasteiger partial charge on any atom is 0.435 e. The third-order valence-electron chi connectivity index (χ3n) is 9.16. The number of alkyl halides is 3. The van der Waals surface area contributed by atoms with Gasteiger partial charge in [0, 0.05) is 51.5 Å². The lowest BCUT2D eigenvalue weighted by Gasteiger charge is -2.39. The van der Waals surface area contributed by atoms with Crippen molar-refractivity contribution in [3.8, 4) is 17.1 Å². The van der Waals surface area contributed by atoms with Crippen LogP contribution in [0.2, 0.25) is 5.02 Å². The number of nitrogen functional groups attached to an aromatic ring is 1. The minimum absolute atomic E-state index is 0.0212. The smallest absolute Gasteiger partial charge is 0.397 e. The number of nitrogens with zero attached hydrogens (tertiary/aromatic N) is 8. The van der Waals surface area contributed by atoms with Gasteiger partial charge >= 0.3 is 6.18 Å². The largest absolute Gasteiger partial charge is 0.435 e. The Hall–Kier alpha value is -5.00. The van der Waals surface area contributed by atoms with Crippen molar-refractivity contribution in [2.24, 2.45) is 7.05 Å². The van der Waals surface area contributed by atoms with Crippen LogP contribution in [0, 0.1) is 0 Å². The molecular weight excluding hydrogens is 681 g/mol. The standard InChI is InChI=1S/C32H34ClF3N10O4/c1-42-23(21-17-45(41-27(21)32(34,35)36)25-7-4-18(37)15-38-25)16-39-28(42)29(48)40-19-5-6-20(22(33)14-19)30(49)43-9-11-44(12-10-43)31(50)26-24(47)8-13-46(26,2)3/h4-7,14-17,24,26,47H,8-13,37H2,1-3H3/p+1/t24-,26-/m0/s1. The zero-order valence-electron chi connectivity index (χ0n) is 27.4. The van der Waals surface area contributed by atoms with Crippen molar-refractivity contribution >= 4 is 40.7 Å². The summed E-state index contributed by atoms with van der Waals surface area (Å²) in [6, 6.07) is 6.70. The molecular formula is C32H35ClF3N10O4+. The van der Waals surface area contributed by atoms with Crippen LogP contribution in [0.5, 0.6) is 0 Å². The number of aliphatic hydroxyl groups is 1. The van der Waals surface area contributed by atoms with E-state index in [-0.39, 0.29) is 64.1 Å². The van der Waals surface area contributed by atoms with Gasteiger partial charge < -0.3 is 35.0 Å². The summed E-state index contributed by atoms with van der Waals surface area (Å²) >= 11 is 6.48. The molecule has 14 nitrogen and oxygen atoms in total. The monoisotopic (exact) mass is 715 g/mol. The molecule has 2 fully saturated rings. The van der Waals surface area contributed by atoms with Gasteiger partial charge in [-0.1, -0.05) is 11.6 Å². The van der Waals surface area contributed by atoms with Gasteiger partial charge in [0.2, 0.25) is 0 Å². The third kappa shape index (κ3) is 6.63. The van der Waals surface area contributed by atoms with Crippen LogP contribution >= 0.6 is 11.6 Å². The molecule has 1 aromatic carbocycles. The van der Waals surface area contributed by atoms with Crippen LogP contribution in [0.15, 0.2) is 48.9 Å². The molecule has 0 aliphatic carbocycles. The van der Waals surface area contributed by atoms with Crippen molar-refractivity contribution in [1.82, 2.24) is 34.1 Å². The first kappa shape index (κ1) is 34.8. The number of hydrogen-bond acceptors (Lipinski definition) is 8. The molecule has 3 amide bonds. The molecule has 6 rings (SSSR count). The van der Waals surface area contributed by atoms with Crippen LogP contribution in [0.25, 0.3) is 17.1 Å². The Labute approximate surface area is 289 Å². The predicted octanol–water partition coefficient (Wildman–Crippen LogP) is 2.67.